The van der Waals surface area contributed by atoms with E-state index in [2.05, 4.69) is 12.2 Å². The van der Waals surface area contributed by atoms with Gasteiger partial charge in [-0.25, -0.2) is 0 Å². The molecule has 2 heteroatoms. The molecule has 2 fully saturated rings. The summed E-state index contributed by atoms with van der Waals surface area (Å²) < 4.78 is 5.51. The molecule has 0 spiro atoms. The first-order chi connectivity index (χ1) is 8.42. The monoisotopic (exact) mass is 239 g/mol. The van der Waals surface area contributed by atoms with Crippen LogP contribution in [0.1, 0.15) is 51.9 Å². The third-order valence-electron chi connectivity index (χ3n) is 4.67. The fourth-order valence-corrected chi connectivity index (χ4v) is 3.72. The molecule has 17 heavy (non-hydrogen) atoms. The lowest BCUT2D eigenvalue weighted by molar-refractivity contribution is 0.0233. The molecule has 1 saturated carbocycles. The van der Waals surface area contributed by atoms with Crippen molar-refractivity contribution in [2.75, 3.05) is 26.3 Å². The molecule has 0 radical (unpaired) electrons. The van der Waals surface area contributed by atoms with E-state index in [0.29, 0.717) is 0 Å². The largest absolute Gasteiger partial charge is 0.381 e. The lowest BCUT2D eigenvalue weighted by Crippen LogP contribution is -2.36. The fourth-order valence-electron chi connectivity index (χ4n) is 3.72. The zero-order chi connectivity index (χ0) is 11.9. The first-order valence-electron chi connectivity index (χ1n) is 7.70. The summed E-state index contributed by atoms with van der Waals surface area (Å²) >= 11 is 0. The Balaban J connectivity index is 1.82. The van der Waals surface area contributed by atoms with Crippen LogP contribution in [-0.4, -0.2) is 26.3 Å². The van der Waals surface area contributed by atoms with Crippen molar-refractivity contribution in [2.24, 2.45) is 17.8 Å². The Labute approximate surface area is 107 Å². The number of hydrogen-bond acceptors (Lipinski definition) is 2. The van der Waals surface area contributed by atoms with Crippen LogP contribution in [0.2, 0.25) is 0 Å². The third-order valence-corrected chi connectivity index (χ3v) is 4.67. The average Bonchev–Trinajstić information content (AvgIpc) is 2.41. The Hall–Kier alpha value is -0.0800. The van der Waals surface area contributed by atoms with E-state index >= 15 is 0 Å². The summed E-state index contributed by atoms with van der Waals surface area (Å²) in [5.74, 6) is 2.88. The summed E-state index contributed by atoms with van der Waals surface area (Å²) in [6.07, 6.45) is 9.74. The summed E-state index contributed by atoms with van der Waals surface area (Å²) in [5.41, 5.74) is 0. The average molecular weight is 239 g/mol. The molecule has 2 unspecified atom stereocenters. The highest BCUT2D eigenvalue weighted by Gasteiger charge is 2.32. The number of hydrogen-bond donors (Lipinski definition) is 1. The van der Waals surface area contributed by atoms with Gasteiger partial charge in [-0.05, 0) is 62.9 Å². The molecule has 1 N–H and O–H groups in total. The van der Waals surface area contributed by atoms with Crippen molar-refractivity contribution in [1.82, 2.24) is 5.32 Å². The zero-order valence-electron chi connectivity index (χ0n) is 11.4. The molecule has 1 saturated heterocycles. The predicted octanol–water partition coefficient (Wildman–Crippen LogP) is 3.22. The van der Waals surface area contributed by atoms with E-state index < -0.39 is 0 Å². The Morgan fingerprint density at radius 3 is 2.59 bits per heavy atom. The second-order valence-corrected chi connectivity index (χ2v) is 5.86. The Morgan fingerprint density at radius 2 is 1.82 bits per heavy atom. The van der Waals surface area contributed by atoms with E-state index in [9.17, 15) is 0 Å². The van der Waals surface area contributed by atoms with Crippen LogP contribution in [-0.2, 0) is 4.74 Å². The molecule has 2 nitrogen and oxygen atoms in total. The van der Waals surface area contributed by atoms with Crippen LogP contribution in [0.3, 0.4) is 0 Å². The maximum Gasteiger partial charge on any atom is 0.0468 e. The van der Waals surface area contributed by atoms with Crippen molar-refractivity contribution in [2.45, 2.75) is 51.9 Å². The second-order valence-electron chi connectivity index (χ2n) is 5.86. The van der Waals surface area contributed by atoms with Crippen LogP contribution in [0.5, 0.6) is 0 Å². The molecule has 1 aliphatic carbocycles. The summed E-state index contributed by atoms with van der Waals surface area (Å²) in [6.45, 7) is 6.73. The van der Waals surface area contributed by atoms with Crippen LogP contribution in [0.15, 0.2) is 0 Å². The van der Waals surface area contributed by atoms with Gasteiger partial charge in [0.25, 0.3) is 0 Å². The molecular weight excluding hydrogens is 210 g/mol. The molecule has 0 aromatic carbocycles. The smallest absolute Gasteiger partial charge is 0.0468 e. The molecule has 1 aliphatic heterocycles. The summed E-state index contributed by atoms with van der Waals surface area (Å²) in [7, 11) is 0. The lowest BCUT2D eigenvalue weighted by Gasteiger charge is -2.39. The van der Waals surface area contributed by atoms with E-state index in [1.54, 1.807) is 0 Å². The van der Waals surface area contributed by atoms with E-state index in [0.717, 1.165) is 31.0 Å². The molecule has 0 amide bonds. The first kappa shape index (κ1) is 13.4. The molecule has 0 aromatic heterocycles. The van der Waals surface area contributed by atoms with Gasteiger partial charge in [0.1, 0.15) is 0 Å². The van der Waals surface area contributed by atoms with Crippen LogP contribution >= 0.6 is 0 Å². The van der Waals surface area contributed by atoms with E-state index in [1.807, 2.05) is 0 Å². The zero-order valence-corrected chi connectivity index (χ0v) is 11.4. The standard InChI is InChI=1S/C15H29NO/c1-2-9-16-12-14-5-3-4-6-15(14)13-7-10-17-11-8-13/h13-16H,2-12H2,1H3. The minimum absolute atomic E-state index is 0.943. The van der Waals surface area contributed by atoms with Crippen molar-refractivity contribution >= 4 is 0 Å². The highest BCUT2D eigenvalue weighted by Crippen LogP contribution is 2.38. The van der Waals surface area contributed by atoms with Gasteiger partial charge in [0.15, 0.2) is 0 Å². The summed E-state index contributed by atoms with van der Waals surface area (Å²) in [5, 5.41) is 3.64. The SMILES string of the molecule is CCCNCC1CCCCC1C1CCOCC1. The van der Waals surface area contributed by atoms with Crippen molar-refractivity contribution in [3.8, 4) is 0 Å². The van der Waals surface area contributed by atoms with Crippen molar-refractivity contribution in [3.05, 3.63) is 0 Å². The van der Waals surface area contributed by atoms with Crippen LogP contribution in [0.4, 0.5) is 0 Å². The summed E-state index contributed by atoms with van der Waals surface area (Å²) in [6, 6.07) is 0. The number of nitrogens with one attached hydrogen (secondary N) is 1. The molecule has 0 bridgehead atoms. The third kappa shape index (κ3) is 3.96. The lowest BCUT2D eigenvalue weighted by atomic mass is 9.70. The van der Waals surface area contributed by atoms with Gasteiger partial charge in [0.05, 0.1) is 0 Å². The highest BCUT2D eigenvalue weighted by atomic mass is 16.5. The number of rotatable bonds is 5. The molecule has 0 aromatic rings. The Morgan fingerprint density at radius 1 is 1.06 bits per heavy atom. The van der Waals surface area contributed by atoms with Gasteiger partial charge in [-0.15, -0.1) is 0 Å². The van der Waals surface area contributed by atoms with Crippen molar-refractivity contribution in [3.63, 3.8) is 0 Å². The topological polar surface area (TPSA) is 21.3 Å². The van der Waals surface area contributed by atoms with Crippen molar-refractivity contribution < 1.29 is 4.74 Å². The van der Waals surface area contributed by atoms with E-state index in [-0.39, 0.29) is 0 Å². The van der Waals surface area contributed by atoms with E-state index in [4.69, 9.17) is 4.74 Å². The van der Waals surface area contributed by atoms with Crippen LogP contribution < -0.4 is 5.32 Å². The van der Waals surface area contributed by atoms with Gasteiger partial charge in [-0.3, -0.25) is 0 Å². The maximum absolute atomic E-state index is 5.51. The Kier molecular flexibility index (Phi) is 5.79. The van der Waals surface area contributed by atoms with Gasteiger partial charge >= 0.3 is 0 Å². The molecule has 1 heterocycles. The maximum atomic E-state index is 5.51. The molecule has 2 atom stereocenters. The van der Waals surface area contributed by atoms with Crippen LogP contribution in [0.25, 0.3) is 0 Å². The minimum Gasteiger partial charge on any atom is -0.381 e. The van der Waals surface area contributed by atoms with E-state index in [1.165, 1.54) is 58.0 Å². The van der Waals surface area contributed by atoms with Gasteiger partial charge in [0.2, 0.25) is 0 Å². The summed E-state index contributed by atoms with van der Waals surface area (Å²) in [4.78, 5) is 0. The van der Waals surface area contributed by atoms with Gasteiger partial charge in [-0.2, -0.15) is 0 Å². The predicted molar refractivity (Wildman–Crippen MR) is 72.2 cm³/mol. The van der Waals surface area contributed by atoms with Crippen molar-refractivity contribution in [1.29, 1.82) is 0 Å². The normalized spacial score (nSPS) is 31.6. The molecule has 100 valence electrons. The highest BCUT2D eigenvalue weighted by molar-refractivity contribution is 4.83. The fraction of sp³-hybridized carbons (Fsp3) is 1.00. The first-order valence-corrected chi connectivity index (χ1v) is 7.70. The quantitative estimate of drug-likeness (QED) is 0.744. The molecular formula is C15H29NO. The second kappa shape index (κ2) is 7.38. The van der Waals surface area contributed by atoms with Gasteiger partial charge < -0.3 is 10.1 Å². The molecule has 2 rings (SSSR count). The Bertz CT molecular complexity index is 201. The van der Waals surface area contributed by atoms with Crippen LogP contribution in [0, 0.1) is 17.8 Å². The minimum atomic E-state index is 0.943. The molecule has 2 aliphatic rings. The van der Waals surface area contributed by atoms with Gasteiger partial charge in [0, 0.05) is 13.2 Å². The van der Waals surface area contributed by atoms with Gasteiger partial charge in [-0.1, -0.05) is 19.8 Å². The number of ether oxygens (including phenoxy) is 1.